The molecule has 3 rings (SSSR count). The Bertz CT molecular complexity index is 632. The number of nitrogens with two attached hydrogens (primary N) is 1. The van der Waals surface area contributed by atoms with Crippen molar-refractivity contribution in [1.82, 2.24) is 15.2 Å². The van der Waals surface area contributed by atoms with Crippen LogP contribution in [0.25, 0.3) is 0 Å². The second kappa shape index (κ2) is 5.60. The van der Waals surface area contributed by atoms with Gasteiger partial charge in [-0.05, 0) is 25.1 Å². The number of benzene rings is 1. The number of hydrogen-bond acceptors (Lipinski definition) is 5. The monoisotopic (exact) mass is 281 g/mol. The predicted molar refractivity (Wildman–Crippen MR) is 83.8 cm³/mol. The molecule has 0 atom stereocenters. The molecule has 0 bridgehead atoms. The molecule has 1 aromatic heterocycles. The van der Waals surface area contributed by atoms with Gasteiger partial charge in [0.1, 0.15) is 5.69 Å². The summed E-state index contributed by atoms with van der Waals surface area (Å²) < 4.78 is 0. The minimum Gasteiger partial charge on any atom is -0.382 e. The molecule has 0 radical (unpaired) electrons. The van der Waals surface area contributed by atoms with Crippen LogP contribution in [-0.4, -0.2) is 21.9 Å². The van der Waals surface area contributed by atoms with E-state index in [1.165, 1.54) is 12.0 Å². The predicted octanol–water partition coefficient (Wildman–Crippen LogP) is 3.04. The molecule has 1 aliphatic carbocycles. The molecular weight excluding hydrogens is 262 g/mol. The van der Waals surface area contributed by atoms with Crippen LogP contribution >= 0.6 is 0 Å². The van der Waals surface area contributed by atoms with E-state index in [-0.39, 0.29) is 11.4 Å². The summed E-state index contributed by atoms with van der Waals surface area (Å²) in [7, 11) is 0. The lowest BCUT2D eigenvalue weighted by Gasteiger charge is -2.37. The number of hydrogen-bond donors (Lipinski definition) is 1. The first-order valence-electron chi connectivity index (χ1n) is 7.29. The van der Waals surface area contributed by atoms with Crippen LogP contribution in [-0.2, 0) is 5.41 Å². The fraction of sp³-hybridized carbons (Fsp3) is 0.375. The maximum absolute atomic E-state index is 6.15. The summed E-state index contributed by atoms with van der Waals surface area (Å²) in [6.45, 7) is 3.42. The van der Waals surface area contributed by atoms with Gasteiger partial charge in [-0.1, -0.05) is 49.6 Å². The Morgan fingerprint density at radius 1 is 1.05 bits per heavy atom. The van der Waals surface area contributed by atoms with E-state index in [1.807, 2.05) is 6.07 Å². The fourth-order valence-corrected chi connectivity index (χ4v) is 3.31. The van der Waals surface area contributed by atoms with Gasteiger partial charge in [0.05, 0.1) is 0 Å². The van der Waals surface area contributed by atoms with Crippen LogP contribution in [0.5, 0.6) is 0 Å². The van der Waals surface area contributed by atoms with E-state index in [4.69, 9.17) is 5.73 Å². The lowest BCUT2D eigenvalue weighted by atomic mass is 9.67. The third kappa shape index (κ3) is 2.39. The number of nitrogen functional groups attached to an aromatic ring is 1. The number of rotatable bonds is 3. The van der Waals surface area contributed by atoms with Crippen LogP contribution in [0.3, 0.4) is 0 Å². The Balaban J connectivity index is 2.14. The molecule has 5 heteroatoms. The van der Waals surface area contributed by atoms with Crippen LogP contribution < -0.4 is 5.73 Å². The molecule has 2 aromatic rings. The van der Waals surface area contributed by atoms with E-state index in [1.54, 1.807) is 0 Å². The molecule has 1 heterocycles. The molecule has 5 nitrogen and oxygen atoms in total. The molecule has 21 heavy (non-hydrogen) atoms. The molecule has 1 saturated carbocycles. The SMILES string of the molecule is C=Nc1nnc(C2(c3ccccc3)CCCCC2)c(N)n1. The number of aliphatic imine (C=N–C) groups is 1. The topological polar surface area (TPSA) is 77.0 Å². The lowest BCUT2D eigenvalue weighted by molar-refractivity contribution is 0.336. The quantitative estimate of drug-likeness (QED) is 0.877. The van der Waals surface area contributed by atoms with Crippen molar-refractivity contribution in [3.05, 3.63) is 41.6 Å². The molecule has 1 aliphatic rings. The first-order chi connectivity index (χ1) is 10.3. The summed E-state index contributed by atoms with van der Waals surface area (Å²) in [5.74, 6) is 0.647. The van der Waals surface area contributed by atoms with E-state index < -0.39 is 0 Å². The van der Waals surface area contributed by atoms with Crippen LogP contribution in [0.4, 0.5) is 11.8 Å². The van der Waals surface area contributed by atoms with Gasteiger partial charge in [-0.2, -0.15) is 4.98 Å². The van der Waals surface area contributed by atoms with Crippen molar-refractivity contribution in [2.75, 3.05) is 5.73 Å². The van der Waals surface area contributed by atoms with Crippen molar-refractivity contribution in [2.45, 2.75) is 37.5 Å². The van der Waals surface area contributed by atoms with Gasteiger partial charge in [0, 0.05) is 5.41 Å². The normalized spacial score (nSPS) is 17.3. The zero-order chi connectivity index (χ0) is 14.7. The summed E-state index contributed by atoms with van der Waals surface area (Å²) in [5.41, 5.74) is 7.99. The van der Waals surface area contributed by atoms with Crippen molar-refractivity contribution in [2.24, 2.45) is 4.99 Å². The lowest BCUT2D eigenvalue weighted by Crippen LogP contribution is -2.33. The zero-order valence-electron chi connectivity index (χ0n) is 12.0. The average Bonchev–Trinajstić information content (AvgIpc) is 2.56. The maximum atomic E-state index is 6.15. The van der Waals surface area contributed by atoms with E-state index in [9.17, 15) is 0 Å². The molecule has 2 N–H and O–H groups in total. The summed E-state index contributed by atoms with van der Waals surface area (Å²) in [6, 6.07) is 10.4. The Morgan fingerprint density at radius 2 is 1.76 bits per heavy atom. The van der Waals surface area contributed by atoms with Gasteiger partial charge >= 0.3 is 0 Å². The molecule has 1 fully saturated rings. The molecule has 0 aliphatic heterocycles. The highest BCUT2D eigenvalue weighted by Gasteiger charge is 2.39. The van der Waals surface area contributed by atoms with Crippen LogP contribution in [0.1, 0.15) is 43.4 Å². The summed E-state index contributed by atoms with van der Waals surface area (Å²) in [4.78, 5) is 7.91. The van der Waals surface area contributed by atoms with Gasteiger partial charge in [0.15, 0.2) is 5.82 Å². The smallest absolute Gasteiger partial charge is 0.270 e. The van der Waals surface area contributed by atoms with Gasteiger partial charge in [-0.15, -0.1) is 10.2 Å². The van der Waals surface area contributed by atoms with Gasteiger partial charge in [-0.3, -0.25) is 0 Å². The summed E-state index contributed by atoms with van der Waals surface area (Å²) in [6.07, 6.45) is 5.63. The summed E-state index contributed by atoms with van der Waals surface area (Å²) in [5, 5.41) is 8.38. The second-order valence-corrected chi connectivity index (χ2v) is 5.51. The van der Waals surface area contributed by atoms with Crippen LogP contribution in [0.15, 0.2) is 35.3 Å². The second-order valence-electron chi connectivity index (χ2n) is 5.51. The highest BCUT2D eigenvalue weighted by atomic mass is 15.2. The third-order valence-electron chi connectivity index (χ3n) is 4.33. The minimum absolute atomic E-state index is 0.177. The van der Waals surface area contributed by atoms with Crippen molar-refractivity contribution < 1.29 is 0 Å². The molecule has 1 aromatic carbocycles. The Morgan fingerprint density at radius 3 is 2.38 bits per heavy atom. The first kappa shape index (κ1) is 13.7. The van der Waals surface area contributed by atoms with Crippen LogP contribution in [0, 0.1) is 0 Å². The zero-order valence-corrected chi connectivity index (χ0v) is 12.0. The molecule has 0 saturated heterocycles. The first-order valence-corrected chi connectivity index (χ1v) is 7.29. The van der Waals surface area contributed by atoms with E-state index in [0.717, 1.165) is 31.4 Å². The van der Waals surface area contributed by atoms with Crippen molar-refractivity contribution in [3.63, 3.8) is 0 Å². The highest BCUT2D eigenvalue weighted by Crippen LogP contribution is 2.45. The Kier molecular flexibility index (Phi) is 3.64. The molecular formula is C16H19N5. The number of anilines is 1. The molecule has 108 valence electrons. The standard InChI is InChI=1S/C16H19N5/c1-18-15-19-14(17)13(20-21-15)16(10-6-3-7-11-16)12-8-4-2-5-9-12/h2,4-5,8-9H,1,3,6-7,10-11H2,(H2,17,19,21). The van der Waals surface area contributed by atoms with Gasteiger partial charge < -0.3 is 5.73 Å². The van der Waals surface area contributed by atoms with Crippen molar-refractivity contribution >= 4 is 18.5 Å². The van der Waals surface area contributed by atoms with Crippen molar-refractivity contribution in [1.29, 1.82) is 0 Å². The van der Waals surface area contributed by atoms with E-state index in [0.29, 0.717) is 5.82 Å². The van der Waals surface area contributed by atoms with Crippen molar-refractivity contribution in [3.8, 4) is 0 Å². The third-order valence-corrected chi connectivity index (χ3v) is 4.33. The van der Waals surface area contributed by atoms with E-state index in [2.05, 4.69) is 51.2 Å². The number of aromatic nitrogens is 3. The van der Waals surface area contributed by atoms with Crippen LogP contribution in [0.2, 0.25) is 0 Å². The Hall–Kier alpha value is -2.30. The largest absolute Gasteiger partial charge is 0.382 e. The molecule has 0 unspecified atom stereocenters. The number of nitrogens with zero attached hydrogens (tertiary/aromatic N) is 4. The van der Waals surface area contributed by atoms with Gasteiger partial charge in [0.25, 0.3) is 5.95 Å². The van der Waals surface area contributed by atoms with Gasteiger partial charge in [-0.25, -0.2) is 4.99 Å². The average molecular weight is 281 g/mol. The summed E-state index contributed by atoms with van der Waals surface area (Å²) >= 11 is 0. The van der Waals surface area contributed by atoms with Gasteiger partial charge in [0.2, 0.25) is 0 Å². The maximum Gasteiger partial charge on any atom is 0.270 e. The minimum atomic E-state index is -0.177. The highest BCUT2D eigenvalue weighted by molar-refractivity contribution is 5.49. The molecule has 0 spiro atoms. The van der Waals surface area contributed by atoms with E-state index >= 15 is 0 Å². The molecule has 0 amide bonds. The Labute approximate surface area is 124 Å². The fourth-order valence-electron chi connectivity index (χ4n) is 3.31.